The summed E-state index contributed by atoms with van der Waals surface area (Å²) in [7, 11) is 0. The third-order valence-electron chi connectivity index (χ3n) is 14.6. The van der Waals surface area contributed by atoms with Crippen LogP contribution in [0.5, 0.6) is 0 Å². The number of carbonyl (C=O) groups excluding carboxylic acids is 2. The standard InChI is InChI=1S/C65H123NO5/c1-3-5-7-9-11-13-15-16-17-32-35-39-43-47-51-55-59-65(70)71-60-56-52-48-44-40-36-33-30-28-26-24-22-20-18-19-21-23-25-27-29-31-34-38-42-46-50-54-58-64(69)66-62(61-67)63(68)57-53-49-45-41-37-14-12-10-8-6-4-2/h17-19,32,53,57,62-63,67-68H,3-16,20-31,33-52,54-56,58-61H2,1-2H3,(H,66,69)/b19-18-,32-17-,57-53+. The van der Waals surface area contributed by atoms with E-state index in [4.69, 9.17) is 4.74 Å². The molecule has 2 atom stereocenters. The zero-order valence-corrected chi connectivity index (χ0v) is 47.7. The second-order valence-corrected chi connectivity index (χ2v) is 21.7. The number of nitrogens with one attached hydrogen (secondary N) is 1. The van der Waals surface area contributed by atoms with Crippen LogP contribution in [0.15, 0.2) is 36.5 Å². The monoisotopic (exact) mass is 998 g/mol. The minimum absolute atomic E-state index is 0.00728. The zero-order valence-electron chi connectivity index (χ0n) is 47.7. The lowest BCUT2D eigenvalue weighted by Gasteiger charge is -2.20. The van der Waals surface area contributed by atoms with Crippen LogP contribution in [0.1, 0.15) is 341 Å². The lowest BCUT2D eigenvalue weighted by atomic mass is 10.0. The molecular formula is C65H123NO5. The van der Waals surface area contributed by atoms with Gasteiger partial charge >= 0.3 is 5.97 Å². The fourth-order valence-electron chi connectivity index (χ4n) is 9.74. The molecule has 1 amide bonds. The molecular weight excluding hydrogens is 875 g/mol. The highest BCUT2D eigenvalue weighted by molar-refractivity contribution is 5.76. The van der Waals surface area contributed by atoms with Crippen LogP contribution >= 0.6 is 0 Å². The van der Waals surface area contributed by atoms with Crippen molar-refractivity contribution in [3.63, 3.8) is 0 Å². The number of carbonyl (C=O) groups is 2. The Labute approximate surface area is 443 Å². The minimum Gasteiger partial charge on any atom is -0.466 e. The van der Waals surface area contributed by atoms with Crippen LogP contribution in [-0.2, 0) is 14.3 Å². The van der Waals surface area contributed by atoms with Crippen molar-refractivity contribution in [3.8, 4) is 0 Å². The Morgan fingerprint density at radius 3 is 1.00 bits per heavy atom. The predicted molar refractivity (Wildman–Crippen MR) is 310 cm³/mol. The Bertz CT molecular complexity index is 1150. The van der Waals surface area contributed by atoms with Crippen LogP contribution in [0.25, 0.3) is 0 Å². The largest absolute Gasteiger partial charge is 0.466 e. The maximum absolute atomic E-state index is 12.4. The fraction of sp³-hybridized carbons (Fsp3) is 0.877. The van der Waals surface area contributed by atoms with E-state index in [1.54, 1.807) is 6.08 Å². The zero-order chi connectivity index (χ0) is 51.4. The number of aliphatic hydroxyl groups is 2. The molecule has 3 N–H and O–H groups in total. The summed E-state index contributed by atoms with van der Waals surface area (Å²) in [6, 6.07) is -0.627. The first-order valence-corrected chi connectivity index (χ1v) is 31.8. The van der Waals surface area contributed by atoms with Crippen molar-refractivity contribution in [2.45, 2.75) is 353 Å². The molecule has 418 valence electrons. The van der Waals surface area contributed by atoms with Gasteiger partial charge in [-0.1, -0.05) is 281 Å². The number of allylic oxidation sites excluding steroid dienone is 5. The number of amides is 1. The van der Waals surface area contributed by atoms with Gasteiger partial charge in [0.1, 0.15) is 0 Å². The SMILES string of the molecule is CCCCCCCCC/C=C\CCCCCCCC(=O)OCCCCCCCCCCCCCC/C=C\CCCCCCCCCCCCCC(=O)NC(CO)C(O)/C=C/CCCCCCCCCCC. The van der Waals surface area contributed by atoms with E-state index < -0.39 is 12.1 Å². The van der Waals surface area contributed by atoms with Crippen molar-refractivity contribution in [1.29, 1.82) is 0 Å². The van der Waals surface area contributed by atoms with E-state index >= 15 is 0 Å². The Kier molecular flexibility index (Phi) is 59.0. The number of ether oxygens (including phenoxy) is 1. The van der Waals surface area contributed by atoms with Gasteiger partial charge in [0.2, 0.25) is 5.91 Å². The molecule has 0 aromatic carbocycles. The maximum atomic E-state index is 12.4. The van der Waals surface area contributed by atoms with E-state index in [9.17, 15) is 19.8 Å². The average molecular weight is 999 g/mol. The summed E-state index contributed by atoms with van der Waals surface area (Å²) >= 11 is 0. The maximum Gasteiger partial charge on any atom is 0.305 e. The number of esters is 1. The predicted octanol–water partition coefficient (Wildman–Crippen LogP) is 20.0. The van der Waals surface area contributed by atoms with E-state index in [-0.39, 0.29) is 18.5 Å². The highest BCUT2D eigenvalue weighted by Crippen LogP contribution is 2.17. The molecule has 2 unspecified atom stereocenters. The van der Waals surface area contributed by atoms with Gasteiger partial charge in [0.25, 0.3) is 0 Å². The third kappa shape index (κ3) is 57.2. The summed E-state index contributed by atoms with van der Waals surface area (Å²) in [5, 5.41) is 23.0. The molecule has 0 spiro atoms. The summed E-state index contributed by atoms with van der Waals surface area (Å²) in [5.41, 5.74) is 0. The lowest BCUT2D eigenvalue weighted by molar-refractivity contribution is -0.143. The summed E-state index contributed by atoms with van der Waals surface area (Å²) in [5.74, 6) is -0.0623. The van der Waals surface area contributed by atoms with Gasteiger partial charge < -0.3 is 20.3 Å². The first-order valence-electron chi connectivity index (χ1n) is 31.8. The van der Waals surface area contributed by atoms with E-state index in [1.807, 2.05) is 6.08 Å². The summed E-state index contributed by atoms with van der Waals surface area (Å²) in [6.07, 6.45) is 76.3. The van der Waals surface area contributed by atoms with E-state index in [0.29, 0.717) is 19.4 Å². The Morgan fingerprint density at radius 2 is 0.662 bits per heavy atom. The molecule has 0 radical (unpaired) electrons. The topological polar surface area (TPSA) is 95.9 Å². The van der Waals surface area contributed by atoms with Crippen molar-refractivity contribution in [2.24, 2.45) is 0 Å². The fourth-order valence-corrected chi connectivity index (χ4v) is 9.74. The van der Waals surface area contributed by atoms with Gasteiger partial charge in [-0.15, -0.1) is 0 Å². The van der Waals surface area contributed by atoms with Crippen molar-refractivity contribution in [3.05, 3.63) is 36.5 Å². The van der Waals surface area contributed by atoms with Crippen LogP contribution in [0.2, 0.25) is 0 Å². The van der Waals surface area contributed by atoms with Crippen molar-refractivity contribution in [1.82, 2.24) is 5.32 Å². The Hall–Kier alpha value is -1.92. The summed E-state index contributed by atoms with van der Waals surface area (Å²) in [4.78, 5) is 24.5. The van der Waals surface area contributed by atoms with Crippen LogP contribution < -0.4 is 5.32 Å². The van der Waals surface area contributed by atoms with Crippen LogP contribution in [0.4, 0.5) is 0 Å². The first-order chi connectivity index (χ1) is 35.0. The number of rotatable bonds is 59. The van der Waals surface area contributed by atoms with E-state index in [0.717, 1.165) is 44.9 Å². The first kappa shape index (κ1) is 69.1. The smallest absolute Gasteiger partial charge is 0.305 e. The number of hydrogen-bond acceptors (Lipinski definition) is 5. The molecule has 0 saturated carbocycles. The summed E-state index contributed by atoms with van der Waals surface area (Å²) in [6.45, 7) is 4.90. The number of aliphatic hydroxyl groups excluding tert-OH is 2. The summed E-state index contributed by atoms with van der Waals surface area (Å²) < 4.78 is 5.49. The number of hydrogen-bond donors (Lipinski definition) is 3. The Balaban J connectivity index is 3.38. The molecule has 0 aromatic heterocycles. The number of unbranched alkanes of at least 4 members (excludes halogenated alkanes) is 44. The Morgan fingerprint density at radius 1 is 0.380 bits per heavy atom. The third-order valence-corrected chi connectivity index (χ3v) is 14.6. The van der Waals surface area contributed by atoms with E-state index in [2.05, 4.69) is 43.5 Å². The van der Waals surface area contributed by atoms with Crippen LogP contribution in [0.3, 0.4) is 0 Å². The van der Waals surface area contributed by atoms with Crippen molar-refractivity contribution in [2.75, 3.05) is 13.2 Å². The second-order valence-electron chi connectivity index (χ2n) is 21.7. The molecule has 6 nitrogen and oxygen atoms in total. The molecule has 0 saturated heterocycles. The quantitative estimate of drug-likeness (QED) is 0.0321. The molecule has 0 aliphatic rings. The van der Waals surface area contributed by atoms with Gasteiger partial charge in [0.05, 0.1) is 25.4 Å². The van der Waals surface area contributed by atoms with Gasteiger partial charge in [-0.2, -0.15) is 0 Å². The molecule has 0 aliphatic carbocycles. The average Bonchev–Trinajstić information content (AvgIpc) is 3.37. The highest BCUT2D eigenvalue weighted by Gasteiger charge is 2.18. The highest BCUT2D eigenvalue weighted by atomic mass is 16.5. The van der Waals surface area contributed by atoms with Gasteiger partial charge in [-0.05, 0) is 83.5 Å². The van der Waals surface area contributed by atoms with Crippen LogP contribution in [0, 0.1) is 0 Å². The second kappa shape index (κ2) is 60.6. The molecule has 71 heavy (non-hydrogen) atoms. The molecule has 6 heteroatoms. The van der Waals surface area contributed by atoms with Gasteiger partial charge in [-0.25, -0.2) is 0 Å². The molecule has 0 aliphatic heterocycles. The van der Waals surface area contributed by atoms with Crippen LogP contribution in [-0.4, -0.2) is 47.4 Å². The van der Waals surface area contributed by atoms with Crippen molar-refractivity contribution < 1.29 is 24.5 Å². The van der Waals surface area contributed by atoms with E-state index in [1.165, 1.54) is 270 Å². The molecule has 0 rings (SSSR count). The molecule has 0 bridgehead atoms. The van der Waals surface area contributed by atoms with Gasteiger partial charge in [0.15, 0.2) is 0 Å². The molecule has 0 fully saturated rings. The minimum atomic E-state index is -0.843. The van der Waals surface area contributed by atoms with Gasteiger partial charge in [-0.3, -0.25) is 9.59 Å². The molecule has 0 aromatic rings. The lowest BCUT2D eigenvalue weighted by Crippen LogP contribution is -2.45. The molecule has 0 heterocycles. The van der Waals surface area contributed by atoms with Crippen molar-refractivity contribution >= 4 is 11.9 Å². The van der Waals surface area contributed by atoms with Gasteiger partial charge in [0, 0.05) is 12.8 Å². The normalized spacial score (nSPS) is 12.8.